The first kappa shape index (κ1) is 16.2. The summed E-state index contributed by atoms with van der Waals surface area (Å²) in [6, 6.07) is 0. The van der Waals surface area contributed by atoms with Crippen LogP contribution in [-0.2, 0) is 10.0 Å². The Kier molecular flexibility index (Phi) is 7.53. The molecule has 1 saturated heterocycles. The molecule has 0 spiro atoms. The summed E-state index contributed by atoms with van der Waals surface area (Å²) < 4.78 is 24.6. The van der Waals surface area contributed by atoms with E-state index in [-0.39, 0.29) is 0 Å². The highest BCUT2D eigenvalue weighted by Gasteiger charge is 2.25. The summed E-state index contributed by atoms with van der Waals surface area (Å²) in [5, 5.41) is 3.42. The Bertz CT molecular complexity index is 322. The number of hydrogen-bond acceptors (Lipinski definition) is 3. The van der Waals surface area contributed by atoms with Crippen LogP contribution < -0.4 is 5.32 Å². The minimum atomic E-state index is -3.01. The van der Waals surface area contributed by atoms with E-state index >= 15 is 0 Å². The number of hydrogen-bond donors (Lipinski definition) is 1. The van der Waals surface area contributed by atoms with Crippen molar-refractivity contribution in [2.45, 2.75) is 32.1 Å². The maximum Gasteiger partial charge on any atom is 0.211 e. The molecule has 1 atom stereocenters. The summed E-state index contributed by atoms with van der Waals surface area (Å²) in [5.41, 5.74) is 0. The number of rotatable bonds is 8. The van der Waals surface area contributed by atoms with E-state index in [0.717, 1.165) is 51.1 Å². The average Bonchev–Trinajstić information content (AvgIpc) is 2.33. The lowest BCUT2D eigenvalue weighted by Crippen LogP contribution is -2.42. The van der Waals surface area contributed by atoms with Gasteiger partial charge < -0.3 is 5.32 Å². The molecular formula is C12H25ClN2O2S. The van der Waals surface area contributed by atoms with Crippen molar-refractivity contribution in [3.05, 3.63) is 0 Å². The number of nitrogens with one attached hydrogen (secondary N) is 1. The molecule has 0 aliphatic carbocycles. The minimum Gasteiger partial charge on any atom is -0.316 e. The van der Waals surface area contributed by atoms with Crippen LogP contribution in [0.2, 0.25) is 0 Å². The van der Waals surface area contributed by atoms with Crippen LogP contribution in [0.1, 0.15) is 32.1 Å². The fourth-order valence-corrected chi connectivity index (χ4v) is 3.45. The van der Waals surface area contributed by atoms with Gasteiger partial charge in [0.15, 0.2) is 0 Å². The number of alkyl halides is 1. The van der Waals surface area contributed by atoms with Crippen molar-refractivity contribution < 1.29 is 8.42 Å². The van der Waals surface area contributed by atoms with Crippen LogP contribution in [0.15, 0.2) is 0 Å². The summed E-state index contributed by atoms with van der Waals surface area (Å²) >= 11 is 5.61. The van der Waals surface area contributed by atoms with Crippen LogP contribution >= 0.6 is 11.6 Å². The first-order chi connectivity index (χ1) is 8.54. The third kappa shape index (κ3) is 6.36. The molecule has 4 nitrogen and oxygen atoms in total. The Morgan fingerprint density at radius 3 is 2.78 bits per heavy atom. The minimum absolute atomic E-state index is 0.460. The topological polar surface area (TPSA) is 49.4 Å². The van der Waals surface area contributed by atoms with Crippen molar-refractivity contribution in [1.82, 2.24) is 9.62 Å². The fourth-order valence-electron chi connectivity index (χ4n) is 2.32. The standard InChI is InChI=1S/C12H25ClN2O2S/c1-18(16,17)15-9-5-6-12(11-15)10-14-8-4-2-3-7-13/h12,14H,2-11H2,1H3. The maximum atomic E-state index is 11.5. The molecule has 108 valence electrons. The van der Waals surface area contributed by atoms with Crippen LogP contribution in [0, 0.1) is 5.92 Å². The molecule has 1 aliphatic rings. The first-order valence-corrected chi connectivity index (χ1v) is 9.14. The van der Waals surface area contributed by atoms with Crippen LogP contribution in [0.5, 0.6) is 0 Å². The van der Waals surface area contributed by atoms with Gasteiger partial charge in [0.2, 0.25) is 10.0 Å². The predicted molar refractivity (Wildman–Crippen MR) is 76.6 cm³/mol. The van der Waals surface area contributed by atoms with E-state index in [2.05, 4.69) is 5.32 Å². The molecule has 0 aromatic heterocycles. The molecule has 0 amide bonds. The Morgan fingerprint density at radius 1 is 1.33 bits per heavy atom. The van der Waals surface area contributed by atoms with Crippen LogP contribution in [0.4, 0.5) is 0 Å². The molecule has 1 N–H and O–H groups in total. The molecule has 0 saturated carbocycles. The van der Waals surface area contributed by atoms with Gasteiger partial charge in [0.05, 0.1) is 6.26 Å². The van der Waals surface area contributed by atoms with Gasteiger partial charge in [-0.05, 0) is 44.7 Å². The van der Waals surface area contributed by atoms with E-state index in [1.807, 2.05) is 0 Å². The van der Waals surface area contributed by atoms with Gasteiger partial charge >= 0.3 is 0 Å². The normalized spacial score (nSPS) is 22.2. The molecule has 1 unspecified atom stereocenters. The van der Waals surface area contributed by atoms with Crippen LogP contribution in [0.25, 0.3) is 0 Å². The van der Waals surface area contributed by atoms with Gasteiger partial charge in [-0.25, -0.2) is 12.7 Å². The summed E-state index contributed by atoms with van der Waals surface area (Å²) in [6.45, 7) is 3.29. The average molecular weight is 297 g/mol. The van der Waals surface area contributed by atoms with Crippen molar-refractivity contribution >= 4 is 21.6 Å². The third-order valence-corrected chi connectivity index (χ3v) is 4.91. The van der Waals surface area contributed by atoms with Crippen molar-refractivity contribution in [3.63, 3.8) is 0 Å². The molecular weight excluding hydrogens is 272 g/mol. The third-order valence-electron chi connectivity index (χ3n) is 3.37. The highest BCUT2D eigenvalue weighted by atomic mass is 35.5. The highest BCUT2D eigenvalue weighted by molar-refractivity contribution is 7.88. The Hall–Kier alpha value is 0.160. The van der Waals surface area contributed by atoms with Gasteiger partial charge in [0.1, 0.15) is 0 Å². The van der Waals surface area contributed by atoms with Crippen molar-refractivity contribution in [3.8, 4) is 0 Å². The lowest BCUT2D eigenvalue weighted by molar-refractivity contribution is 0.261. The monoisotopic (exact) mass is 296 g/mol. The van der Waals surface area contributed by atoms with E-state index < -0.39 is 10.0 Å². The summed E-state index contributed by atoms with van der Waals surface area (Å²) in [7, 11) is -3.01. The van der Waals surface area contributed by atoms with Gasteiger partial charge in [-0.2, -0.15) is 0 Å². The Labute approximate surface area is 116 Å². The van der Waals surface area contributed by atoms with Gasteiger partial charge in [-0.15, -0.1) is 11.6 Å². The Morgan fingerprint density at radius 2 is 2.11 bits per heavy atom. The largest absolute Gasteiger partial charge is 0.316 e. The lowest BCUT2D eigenvalue weighted by Gasteiger charge is -2.31. The number of unbranched alkanes of at least 4 members (excludes halogenated alkanes) is 2. The van der Waals surface area contributed by atoms with Gasteiger partial charge in [-0.3, -0.25) is 0 Å². The molecule has 0 aromatic rings. The van der Waals surface area contributed by atoms with Crippen molar-refractivity contribution in [2.24, 2.45) is 5.92 Å². The molecule has 0 bridgehead atoms. The zero-order valence-electron chi connectivity index (χ0n) is 11.2. The first-order valence-electron chi connectivity index (χ1n) is 6.76. The van der Waals surface area contributed by atoms with Gasteiger partial charge in [0.25, 0.3) is 0 Å². The molecule has 0 radical (unpaired) electrons. The molecule has 6 heteroatoms. The summed E-state index contributed by atoms with van der Waals surface area (Å²) in [6.07, 6.45) is 6.79. The second kappa shape index (κ2) is 8.35. The number of piperidine rings is 1. The highest BCUT2D eigenvalue weighted by Crippen LogP contribution is 2.17. The molecule has 1 rings (SSSR count). The van der Waals surface area contributed by atoms with Crippen molar-refractivity contribution in [1.29, 1.82) is 0 Å². The lowest BCUT2D eigenvalue weighted by atomic mass is 10.00. The van der Waals surface area contributed by atoms with E-state index in [1.54, 1.807) is 4.31 Å². The number of sulfonamides is 1. The van der Waals surface area contributed by atoms with Gasteiger partial charge in [-0.1, -0.05) is 6.42 Å². The zero-order chi connectivity index (χ0) is 13.4. The number of halogens is 1. The molecule has 1 fully saturated rings. The van der Waals surface area contributed by atoms with Crippen LogP contribution in [0.3, 0.4) is 0 Å². The molecule has 1 aliphatic heterocycles. The van der Waals surface area contributed by atoms with Crippen molar-refractivity contribution in [2.75, 3.05) is 38.3 Å². The summed E-state index contributed by atoms with van der Waals surface area (Å²) in [5.74, 6) is 1.20. The quantitative estimate of drug-likeness (QED) is 0.547. The van der Waals surface area contributed by atoms with E-state index in [0.29, 0.717) is 19.0 Å². The van der Waals surface area contributed by atoms with Crippen LogP contribution in [-0.4, -0.2) is 51.0 Å². The predicted octanol–water partition coefficient (Wildman–Crippen LogP) is 1.66. The second-order valence-electron chi connectivity index (χ2n) is 5.08. The molecule has 18 heavy (non-hydrogen) atoms. The van der Waals surface area contributed by atoms with E-state index in [9.17, 15) is 8.42 Å². The van der Waals surface area contributed by atoms with E-state index in [1.165, 1.54) is 6.26 Å². The maximum absolute atomic E-state index is 11.5. The molecule has 0 aromatic carbocycles. The van der Waals surface area contributed by atoms with Gasteiger partial charge in [0, 0.05) is 19.0 Å². The summed E-state index contributed by atoms with van der Waals surface area (Å²) in [4.78, 5) is 0. The zero-order valence-corrected chi connectivity index (χ0v) is 12.8. The van der Waals surface area contributed by atoms with E-state index in [4.69, 9.17) is 11.6 Å². The molecule has 1 heterocycles. The fraction of sp³-hybridized carbons (Fsp3) is 1.00. The second-order valence-corrected chi connectivity index (χ2v) is 7.44. The number of nitrogens with zero attached hydrogens (tertiary/aromatic N) is 1. The smallest absolute Gasteiger partial charge is 0.211 e. The Balaban J connectivity index is 2.15. The SMILES string of the molecule is CS(=O)(=O)N1CCCC(CNCCCCCCl)C1.